The maximum Gasteiger partial charge on any atom is 0.270 e. The highest BCUT2D eigenvalue weighted by molar-refractivity contribution is 6.31. The van der Waals surface area contributed by atoms with E-state index >= 15 is 0 Å². The average molecular weight is 338 g/mol. The summed E-state index contributed by atoms with van der Waals surface area (Å²) in [5.41, 5.74) is -0.0186. The minimum absolute atomic E-state index is 0.0123. The molecule has 0 saturated heterocycles. The molecule has 0 spiro atoms. The molecule has 0 aliphatic carbocycles. The maximum atomic E-state index is 12.7. The van der Waals surface area contributed by atoms with Crippen molar-refractivity contribution < 1.29 is 9.53 Å². The number of unbranched alkanes of at least 4 members (excludes halogenated alkanes) is 6. The summed E-state index contributed by atoms with van der Waals surface area (Å²) in [5.74, 6) is 0.750. The Morgan fingerprint density at radius 2 is 1.74 bits per heavy atom. The number of hydrogen-bond acceptors (Lipinski definition) is 2. The zero-order valence-corrected chi connectivity index (χ0v) is 15.3. The quantitative estimate of drug-likeness (QED) is 0.578. The first-order valence-corrected chi connectivity index (χ1v) is 9.14. The topological polar surface area (TPSA) is 29.5 Å². The maximum absolute atomic E-state index is 12.7. The third kappa shape index (κ3) is 4.63. The van der Waals surface area contributed by atoms with Gasteiger partial charge in [0.1, 0.15) is 5.75 Å². The smallest absolute Gasteiger partial charge is 0.270 e. The fourth-order valence-corrected chi connectivity index (χ4v) is 3.16. The highest BCUT2D eigenvalue weighted by Gasteiger charge is 2.40. The molecule has 4 heteroatoms. The number of carbonyl (C=O) groups is 1. The predicted octanol–water partition coefficient (Wildman–Crippen LogP) is 5.59. The van der Waals surface area contributed by atoms with E-state index in [1.807, 2.05) is 30.9 Å². The number of nitrogens with zero attached hydrogens (tertiary/aromatic N) is 1. The predicted molar refractivity (Wildman–Crippen MR) is 96.5 cm³/mol. The molecule has 1 amide bonds. The van der Waals surface area contributed by atoms with Crippen LogP contribution in [0.25, 0.3) is 0 Å². The molecule has 0 unspecified atom stereocenters. The SMILES string of the molecule is CCCCCCCCCN1C(=O)C(C)(C)Oc2ccc(Cl)cc21. The molecule has 0 bridgehead atoms. The van der Waals surface area contributed by atoms with Crippen LogP contribution in [0.3, 0.4) is 0 Å². The van der Waals surface area contributed by atoms with Gasteiger partial charge in [-0.3, -0.25) is 4.79 Å². The number of benzene rings is 1. The molecule has 128 valence electrons. The van der Waals surface area contributed by atoms with Crippen molar-refractivity contribution >= 4 is 23.2 Å². The molecule has 0 N–H and O–H groups in total. The number of rotatable bonds is 8. The molecule has 1 aromatic carbocycles. The van der Waals surface area contributed by atoms with Crippen LogP contribution in [0.2, 0.25) is 5.02 Å². The van der Waals surface area contributed by atoms with E-state index in [-0.39, 0.29) is 5.91 Å². The van der Waals surface area contributed by atoms with Crippen molar-refractivity contribution in [1.82, 2.24) is 0 Å². The van der Waals surface area contributed by atoms with E-state index in [1.54, 1.807) is 6.07 Å². The van der Waals surface area contributed by atoms with Gasteiger partial charge in [0.05, 0.1) is 5.69 Å². The van der Waals surface area contributed by atoms with E-state index in [9.17, 15) is 4.79 Å². The van der Waals surface area contributed by atoms with Crippen LogP contribution in [0.15, 0.2) is 18.2 Å². The van der Waals surface area contributed by atoms with E-state index in [1.165, 1.54) is 32.1 Å². The molecule has 0 fully saturated rings. The van der Waals surface area contributed by atoms with Crippen LogP contribution in [-0.2, 0) is 4.79 Å². The number of anilines is 1. The van der Waals surface area contributed by atoms with Gasteiger partial charge >= 0.3 is 0 Å². The molecule has 1 aliphatic heterocycles. The molecule has 0 saturated carbocycles. The van der Waals surface area contributed by atoms with E-state index in [2.05, 4.69) is 6.92 Å². The van der Waals surface area contributed by atoms with Gasteiger partial charge in [0.25, 0.3) is 5.91 Å². The zero-order chi connectivity index (χ0) is 16.9. The summed E-state index contributed by atoms with van der Waals surface area (Å²) < 4.78 is 5.84. The van der Waals surface area contributed by atoms with Crippen LogP contribution in [-0.4, -0.2) is 18.1 Å². The average Bonchev–Trinajstić information content (AvgIpc) is 2.50. The molecular formula is C19H28ClNO2. The number of amides is 1. The number of ether oxygens (including phenoxy) is 1. The van der Waals surface area contributed by atoms with E-state index in [0.29, 0.717) is 5.02 Å². The van der Waals surface area contributed by atoms with Crippen molar-refractivity contribution in [1.29, 1.82) is 0 Å². The van der Waals surface area contributed by atoms with Crippen molar-refractivity contribution in [3.8, 4) is 5.75 Å². The first-order valence-electron chi connectivity index (χ1n) is 8.76. The normalized spacial score (nSPS) is 16.2. The summed E-state index contributed by atoms with van der Waals surface area (Å²) in [6.07, 6.45) is 8.61. The number of halogens is 1. The van der Waals surface area contributed by atoms with Gasteiger partial charge in [-0.05, 0) is 38.5 Å². The Morgan fingerprint density at radius 1 is 1.09 bits per heavy atom. The number of hydrogen-bond donors (Lipinski definition) is 0. The molecule has 1 heterocycles. The summed E-state index contributed by atoms with van der Waals surface area (Å²) in [6, 6.07) is 5.48. The van der Waals surface area contributed by atoms with Gasteiger partial charge in [0, 0.05) is 11.6 Å². The summed E-state index contributed by atoms with van der Waals surface area (Å²) in [4.78, 5) is 14.5. The molecular weight excluding hydrogens is 310 g/mol. The Morgan fingerprint density at radius 3 is 2.43 bits per heavy atom. The minimum atomic E-state index is -0.818. The zero-order valence-electron chi connectivity index (χ0n) is 14.5. The monoisotopic (exact) mass is 337 g/mol. The summed E-state index contributed by atoms with van der Waals surface area (Å²) >= 11 is 6.10. The summed E-state index contributed by atoms with van der Waals surface area (Å²) in [6.45, 7) is 6.61. The third-order valence-corrected chi connectivity index (χ3v) is 4.56. The van der Waals surface area contributed by atoms with Gasteiger partial charge in [0.2, 0.25) is 0 Å². The van der Waals surface area contributed by atoms with Gasteiger partial charge in [-0.25, -0.2) is 0 Å². The Kier molecular flexibility index (Phi) is 6.34. The largest absolute Gasteiger partial charge is 0.476 e. The molecule has 1 aliphatic rings. The molecule has 0 aromatic heterocycles. The van der Waals surface area contributed by atoms with E-state index in [4.69, 9.17) is 16.3 Å². The molecule has 23 heavy (non-hydrogen) atoms. The lowest BCUT2D eigenvalue weighted by Gasteiger charge is -2.39. The highest BCUT2D eigenvalue weighted by Crippen LogP contribution is 2.39. The van der Waals surface area contributed by atoms with Crippen molar-refractivity contribution in [3.63, 3.8) is 0 Å². The Bertz CT molecular complexity index is 542. The molecule has 2 rings (SSSR count). The molecule has 0 atom stereocenters. The summed E-state index contributed by atoms with van der Waals surface area (Å²) in [7, 11) is 0. The first-order chi connectivity index (χ1) is 11.0. The van der Waals surface area contributed by atoms with Crippen LogP contribution in [0.1, 0.15) is 65.7 Å². The Hall–Kier alpha value is -1.22. The molecule has 3 nitrogen and oxygen atoms in total. The van der Waals surface area contributed by atoms with Gasteiger partial charge in [-0.2, -0.15) is 0 Å². The molecule has 1 aromatic rings. The lowest BCUT2D eigenvalue weighted by Crippen LogP contribution is -2.52. The standard InChI is InChI=1S/C19H28ClNO2/c1-4-5-6-7-8-9-10-13-21-16-14-15(20)11-12-17(16)23-19(2,3)18(21)22/h11-12,14H,4-10,13H2,1-3H3. The van der Waals surface area contributed by atoms with E-state index in [0.717, 1.165) is 30.8 Å². The van der Waals surface area contributed by atoms with Gasteiger partial charge in [-0.1, -0.05) is 57.0 Å². The fraction of sp³-hybridized carbons (Fsp3) is 0.632. The number of fused-ring (bicyclic) bond motifs is 1. The summed E-state index contributed by atoms with van der Waals surface area (Å²) in [5, 5.41) is 0.629. The lowest BCUT2D eigenvalue weighted by atomic mass is 10.0. The Balaban J connectivity index is 1.97. The second-order valence-corrected chi connectivity index (χ2v) is 7.24. The lowest BCUT2D eigenvalue weighted by molar-refractivity contribution is -0.132. The van der Waals surface area contributed by atoms with Crippen LogP contribution in [0.4, 0.5) is 5.69 Å². The minimum Gasteiger partial charge on any atom is -0.476 e. The van der Waals surface area contributed by atoms with Gasteiger partial charge in [0.15, 0.2) is 5.60 Å². The van der Waals surface area contributed by atoms with Gasteiger partial charge < -0.3 is 9.64 Å². The van der Waals surface area contributed by atoms with Crippen LogP contribution < -0.4 is 9.64 Å². The highest BCUT2D eigenvalue weighted by atomic mass is 35.5. The van der Waals surface area contributed by atoms with Crippen LogP contribution in [0.5, 0.6) is 5.75 Å². The van der Waals surface area contributed by atoms with Crippen molar-refractivity contribution in [2.75, 3.05) is 11.4 Å². The van der Waals surface area contributed by atoms with E-state index < -0.39 is 5.60 Å². The number of carbonyl (C=O) groups excluding carboxylic acids is 1. The van der Waals surface area contributed by atoms with Crippen molar-refractivity contribution in [2.24, 2.45) is 0 Å². The van der Waals surface area contributed by atoms with Crippen molar-refractivity contribution in [3.05, 3.63) is 23.2 Å². The fourth-order valence-electron chi connectivity index (χ4n) is 2.99. The van der Waals surface area contributed by atoms with Crippen molar-refractivity contribution in [2.45, 2.75) is 71.3 Å². The second kappa shape index (κ2) is 8.05. The Labute approximate surface area is 145 Å². The van der Waals surface area contributed by atoms with Gasteiger partial charge in [-0.15, -0.1) is 0 Å². The molecule has 0 radical (unpaired) electrons. The van der Waals surface area contributed by atoms with Crippen LogP contribution >= 0.6 is 11.6 Å². The first kappa shape index (κ1) is 18.1. The van der Waals surface area contributed by atoms with Crippen LogP contribution in [0, 0.1) is 0 Å². The third-order valence-electron chi connectivity index (χ3n) is 4.32. The second-order valence-electron chi connectivity index (χ2n) is 6.80.